The van der Waals surface area contributed by atoms with E-state index in [1.54, 1.807) is 0 Å². The number of ether oxygens (including phenoxy) is 4. The fourth-order valence-corrected chi connectivity index (χ4v) is 7.46. The fourth-order valence-electron chi connectivity index (χ4n) is 7.46. The molecule has 0 radical (unpaired) electrons. The van der Waals surface area contributed by atoms with Crippen LogP contribution in [0, 0.1) is 0 Å². The van der Waals surface area contributed by atoms with Crippen molar-refractivity contribution in [2.75, 3.05) is 47.5 Å². The number of hydrogen-bond donors (Lipinski definition) is 0. The lowest BCUT2D eigenvalue weighted by atomic mass is 10.0. The van der Waals surface area contributed by atoms with Crippen molar-refractivity contribution in [1.29, 1.82) is 0 Å². The van der Waals surface area contributed by atoms with Crippen molar-refractivity contribution in [2.45, 2.75) is 257 Å². The molecule has 0 aromatic heterocycles. The van der Waals surface area contributed by atoms with Gasteiger partial charge in [0, 0.05) is 12.8 Å². The van der Waals surface area contributed by atoms with Crippen LogP contribution in [-0.2, 0) is 33.3 Å². The molecule has 0 aromatic rings. The predicted molar refractivity (Wildman–Crippen MR) is 251 cm³/mol. The zero-order valence-corrected chi connectivity index (χ0v) is 40.8. The predicted octanol–water partition coefficient (Wildman–Crippen LogP) is 12.9. The summed E-state index contributed by atoms with van der Waals surface area (Å²) in [4.78, 5) is 37.0. The van der Waals surface area contributed by atoms with Crippen LogP contribution in [0.3, 0.4) is 0 Å². The zero-order chi connectivity index (χ0) is 44.9. The van der Waals surface area contributed by atoms with Gasteiger partial charge in [-0.3, -0.25) is 9.59 Å². The normalized spacial score (nSPS) is 12.9. The number of carbonyl (C=O) groups is 3. The first kappa shape index (κ1) is 59.0. The molecule has 360 valence electrons. The number of esters is 2. The minimum atomic E-state index is -1.62. The number of aliphatic carboxylic acids is 1. The van der Waals surface area contributed by atoms with Gasteiger partial charge in [0.1, 0.15) is 13.2 Å². The summed E-state index contributed by atoms with van der Waals surface area (Å²) in [5.74, 6) is -2.28. The second-order valence-corrected chi connectivity index (χ2v) is 18.8. The van der Waals surface area contributed by atoms with Crippen LogP contribution in [0.2, 0.25) is 0 Å². The molecular formula is C52H99NO8. The molecule has 2 unspecified atom stereocenters. The molecule has 61 heavy (non-hydrogen) atoms. The molecule has 0 fully saturated rings. The summed E-state index contributed by atoms with van der Waals surface area (Å²) >= 11 is 0. The van der Waals surface area contributed by atoms with Gasteiger partial charge in [-0.2, -0.15) is 0 Å². The number of carboxylic acid groups (broad SMARTS) is 1. The lowest BCUT2D eigenvalue weighted by Gasteiger charge is -2.26. The van der Waals surface area contributed by atoms with E-state index in [0.717, 1.165) is 57.8 Å². The molecule has 0 aliphatic carbocycles. The zero-order valence-electron chi connectivity index (χ0n) is 40.8. The summed E-state index contributed by atoms with van der Waals surface area (Å²) in [6.07, 6.45) is 45.5. The molecule has 0 N–H and O–H groups in total. The molecule has 0 amide bonds. The molecular weight excluding hydrogens is 767 g/mol. The molecule has 9 heteroatoms. The molecule has 0 bridgehead atoms. The van der Waals surface area contributed by atoms with Crippen molar-refractivity contribution in [3.63, 3.8) is 0 Å². The maximum absolute atomic E-state index is 12.7. The minimum absolute atomic E-state index is 0.149. The van der Waals surface area contributed by atoms with Crippen LogP contribution in [-0.4, -0.2) is 82.3 Å². The van der Waals surface area contributed by atoms with Crippen molar-refractivity contribution in [3.05, 3.63) is 12.2 Å². The van der Waals surface area contributed by atoms with Gasteiger partial charge in [0.15, 0.2) is 12.4 Å². The Morgan fingerprint density at radius 1 is 0.475 bits per heavy atom. The smallest absolute Gasteiger partial charge is 0.306 e. The first-order chi connectivity index (χ1) is 29.6. The van der Waals surface area contributed by atoms with Gasteiger partial charge in [0.25, 0.3) is 0 Å². The van der Waals surface area contributed by atoms with Crippen LogP contribution in [0.15, 0.2) is 12.2 Å². The lowest BCUT2D eigenvalue weighted by Crippen LogP contribution is -2.44. The second kappa shape index (κ2) is 44.6. The van der Waals surface area contributed by atoms with E-state index in [2.05, 4.69) is 26.0 Å². The molecule has 0 rings (SSSR count). The summed E-state index contributed by atoms with van der Waals surface area (Å²) in [5, 5.41) is 11.7. The highest BCUT2D eigenvalue weighted by Gasteiger charge is 2.22. The highest BCUT2D eigenvalue weighted by molar-refractivity contribution is 5.70. The van der Waals surface area contributed by atoms with E-state index in [-0.39, 0.29) is 32.2 Å². The summed E-state index contributed by atoms with van der Waals surface area (Å²) in [5.41, 5.74) is 0. The molecule has 0 heterocycles. The maximum atomic E-state index is 12.7. The molecule has 0 aliphatic rings. The molecule has 2 atom stereocenters. The van der Waals surface area contributed by atoms with Gasteiger partial charge in [0.05, 0.1) is 40.3 Å². The fraction of sp³-hybridized carbons (Fsp3) is 0.904. The summed E-state index contributed by atoms with van der Waals surface area (Å²) in [7, 11) is 5.91. The van der Waals surface area contributed by atoms with Crippen LogP contribution in [0.5, 0.6) is 0 Å². The van der Waals surface area contributed by atoms with Crippen LogP contribution in [0.1, 0.15) is 245 Å². The highest BCUT2D eigenvalue weighted by atomic mass is 16.7. The monoisotopic (exact) mass is 866 g/mol. The Morgan fingerprint density at radius 3 is 1.26 bits per heavy atom. The Hall–Kier alpha value is -1.97. The molecule has 0 saturated carbocycles. The van der Waals surface area contributed by atoms with E-state index in [1.165, 1.54) is 154 Å². The van der Waals surface area contributed by atoms with Gasteiger partial charge in [0.2, 0.25) is 0 Å². The number of quaternary nitrogens is 1. The number of carboxylic acids is 1. The first-order valence-corrected chi connectivity index (χ1v) is 25.8. The number of unbranched alkanes of at least 4 members (excludes halogenated alkanes) is 31. The van der Waals surface area contributed by atoms with Crippen LogP contribution in [0.4, 0.5) is 0 Å². The Bertz CT molecular complexity index is 1010. The summed E-state index contributed by atoms with van der Waals surface area (Å²) < 4.78 is 22.6. The van der Waals surface area contributed by atoms with Gasteiger partial charge in [-0.25, -0.2) is 0 Å². The van der Waals surface area contributed by atoms with Crippen molar-refractivity contribution < 1.29 is 42.9 Å². The topological polar surface area (TPSA) is 111 Å². The largest absolute Gasteiger partial charge is 0.545 e. The molecule has 0 saturated heterocycles. The first-order valence-electron chi connectivity index (χ1n) is 25.8. The third-order valence-corrected chi connectivity index (χ3v) is 11.5. The number of carbonyl (C=O) groups excluding carboxylic acids is 3. The van der Waals surface area contributed by atoms with Gasteiger partial charge in [-0.05, 0) is 32.1 Å². The van der Waals surface area contributed by atoms with Gasteiger partial charge in [-0.15, -0.1) is 0 Å². The number of nitrogens with zero attached hydrogens (tertiary/aromatic N) is 1. The summed E-state index contributed by atoms with van der Waals surface area (Å²) in [6, 6.07) is 0. The molecule has 0 spiro atoms. The average Bonchev–Trinajstić information content (AvgIpc) is 3.22. The van der Waals surface area contributed by atoms with Gasteiger partial charge >= 0.3 is 11.9 Å². The highest BCUT2D eigenvalue weighted by Crippen LogP contribution is 2.17. The van der Waals surface area contributed by atoms with Crippen LogP contribution in [0.25, 0.3) is 0 Å². The van der Waals surface area contributed by atoms with E-state index in [9.17, 15) is 19.5 Å². The van der Waals surface area contributed by atoms with E-state index in [1.807, 2.05) is 21.1 Å². The third-order valence-electron chi connectivity index (χ3n) is 11.5. The number of allylic oxidation sites excluding steroid dienone is 2. The second-order valence-electron chi connectivity index (χ2n) is 18.8. The van der Waals surface area contributed by atoms with E-state index in [4.69, 9.17) is 18.9 Å². The number of likely N-dealkylation sites (N-methyl/N-ethyl adjacent to an activating group) is 1. The molecule has 9 nitrogen and oxygen atoms in total. The van der Waals surface area contributed by atoms with Gasteiger partial charge in [-0.1, -0.05) is 212 Å². The van der Waals surface area contributed by atoms with Crippen molar-refractivity contribution in [2.24, 2.45) is 0 Å². The summed E-state index contributed by atoms with van der Waals surface area (Å²) in [6.45, 7) is 4.72. The van der Waals surface area contributed by atoms with E-state index >= 15 is 0 Å². The van der Waals surface area contributed by atoms with Gasteiger partial charge < -0.3 is 33.3 Å². The quantitative estimate of drug-likeness (QED) is 0.0195. The number of hydrogen-bond acceptors (Lipinski definition) is 8. The van der Waals surface area contributed by atoms with Crippen molar-refractivity contribution in [3.8, 4) is 0 Å². The molecule has 0 aromatic carbocycles. The van der Waals surface area contributed by atoms with E-state index in [0.29, 0.717) is 23.9 Å². The van der Waals surface area contributed by atoms with Crippen molar-refractivity contribution >= 4 is 17.9 Å². The third kappa shape index (κ3) is 45.9. The van der Waals surface area contributed by atoms with Crippen LogP contribution < -0.4 is 5.11 Å². The SMILES string of the molecule is CCCC/C=C\CCCCCCCC(=O)OC(COC(=O)CCCCCCCCCCCCCCCCCCCCCCCCCCC)COC(OCC[N+](C)(C)C)C(=O)[O-]. The lowest BCUT2D eigenvalue weighted by molar-refractivity contribution is -0.870. The molecule has 0 aliphatic heterocycles. The average molecular weight is 866 g/mol. The van der Waals surface area contributed by atoms with Crippen LogP contribution >= 0.6 is 0 Å². The Balaban J connectivity index is 4.14. The standard InChI is InChI=1S/C52H99NO8/c1-6-8-10-12-14-16-18-19-20-21-22-23-24-25-26-27-28-29-30-31-33-34-36-38-40-42-49(54)59-46-48(47-60-52(51(56)57)58-45-44-53(3,4)5)61-50(55)43-41-39-37-35-32-17-15-13-11-9-7-2/h13,15,48,52H,6-12,14,16-47H2,1-5H3/b15-13-. The Labute approximate surface area is 376 Å². The maximum Gasteiger partial charge on any atom is 0.306 e. The Kier molecular flexibility index (Phi) is 43.2. The number of rotatable bonds is 48. The van der Waals surface area contributed by atoms with E-state index < -0.39 is 24.3 Å². The van der Waals surface area contributed by atoms with Crippen molar-refractivity contribution in [1.82, 2.24) is 0 Å². The minimum Gasteiger partial charge on any atom is -0.545 e. The Morgan fingerprint density at radius 2 is 0.852 bits per heavy atom.